The van der Waals surface area contributed by atoms with Gasteiger partial charge in [-0.05, 0) is 71.9 Å². The summed E-state index contributed by atoms with van der Waals surface area (Å²) in [6.45, 7) is 0. The Morgan fingerprint density at radius 3 is 1.60 bits per heavy atom. The highest BCUT2D eigenvalue weighted by molar-refractivity contribution is 6.22. The Labute approximate surface area is 125 Å². The molecular weight excluding hydrogens is 264 g/mol. The van der Waals surface area contributed by atoms with Gasteiger partial charge >= 0.3 is 0 Å². The van der Waals surface area contributed by atoms with Crippen molar-refractivity contribution in [1.82, 2.24) is 0 Å². The summed E-state index contributed by atoms with van der Waals surface area (Å²) in [6, 6.07) is 13.6. The molecule has 0 aliphatic heterocycles. The van der Waals surface area contributed by atoms with E-state index in [4.69, 9.17) is 11.6 Å². The molecule has 0 N–H and O–H groups in total. The molecule has 0 fully saturated rings. The maximum atomic E-state index is 6.74. The molecule has 2 aliphatic rings. The number of alkyl halides is 1. The highest BCUT2D eigenvalue weighted by atomic mass is 35.5. The van der Waals surface area contributed by atoms with Crippen LogP contribution in [0.5, 0.6) is 0 Å². The van der Waals surface area contributed by atoms with Crippen molar-refractivity contribution in [2.75, 3.05) is 0 Å². The maximum absolute atomic E-state index is 6.74. The number of hydrogen-bond donors (Lipinski definition) is 0. The van der Waals surface area contributed by atoms with Crippen molar-refractivity contribution >= 4 is 11.6 Å². The summed E-state index contributed by atoms with van der Waals surface area (Å²) in [6.07, 6.45) is 7.51. The van der Waals surface area contributed by atoms with E-state index in [1.165, 1.54) is 71.9 Å². The zero-order chi connectivity index (χ0) is 13.5. The molecule has 0 saturated carbocycles. The monoisotopic (exact) mass is 282 g/mol. The third-order valence-electron chi connectivity index (χ3n) is 4.83. The van der Waals surface area contributed by atoms with E-state index < -0.39 is 0 Å². The molecule has 1 heteroatoms. The first-order valence-electron chi connectivity index (χ1n) is 7.69. The Kier molecular flexibility index (Phi) is 3.07. The lowest BCUT2D eigenvalue weighted by atomic mass is 9.97. The molecule has 0 amide bonds. The quantitative estimate of drug-likeness (QED) is 0.681. The third kappa shape index (κ3) is 2.07. The number of rotatable bonds is 2. The number of hydrogen-bond acceptors (Lipinski definition) is 0. The summed E-state index contributed by atoms with van der Waals surface area (Å²) in [5, 5.41) is -0.00759. The van der Waals surface area contributed by atoms with Crippen LogP contribution in [0.2, 0.25) is 0 Å². The Morgan fingerprint density at radius 1 is 0.650 bits per heavy atom. The second-order valence-electron chi connectivity index (χ2n) is 6.13. The molecule has 0 bridgehead atoms. The number of fused-ring (bicyclic) bond motifs is 2. The Bertz CT molecular complexity index is 599. The van der Waals surface area contributed by atoms with E-state index in [0.717, 1.165) is 0 Å². The van der Waals surface area contributed by atoms with E-state index in [-0.39, 0.29) is 5.38 Å². The van der Waals surface area contributed by atoms with Crippen LogP contribution < -0.4 is 0 Å². The highest BCUT2D eigenvalue weighted by Gasteiger charge is 2.18. The minimum Gasteiger partial charge on any atom is -0.113 e. The van der Waals surface area contributed by atoms with Crippen LogP contribution in [0.3, 0.4) is 0 Å². The van der Waals surface area contributed by atoms with Crippen molar-refractivity contribution in [3.63, 3.8) is 0 Å². The smallest absolute Gasteiger partial charge is 0.0835 e. The number of aryl methyl sites for hydroxylation is 4. The van der Waals surface area contributed by atoms with Crippen LogP contribution in [-0.4, -0.2) is 0 Å². The normalized spacial score (nSPS) is 16.5. The minimum atomic E-state index is -0.00759. The third-order valence-corrected chi connectivity index (χ3v) is 5.33. The van der Waals surface area contributed by atoms with Gasteiger partial charge in [-0.3, -0.25) is 0 Å². The van der Waals surface area contributed by atoms with Gasteiger partial charge in [-0.25, -0.2) is 0 Å². The van der Waals surface area contributed by atoms with Gasteiger partial charge in [0.25, 0.3) is 0 Å². The van der Waals surface area contributed by atoms with E-state index in [9.17, 15) is 0 Å². The molecule has 0 aromatic heterocycles. The fraction of sp³-hybridized carbons (Fsp3) is 0.368. The van der Waals surface area contributed by atoms with Crippen LogP contribution in [0.1, 0.15) is 51.6 Å². The van der Waals surface area contributed by atoms with Crippen molar-refractivity contribution < 1.29 is 0 Å². The molecule has 0 spiro atoms. The van der Waals surface area contributed by atoms with Crippen LogP contribution in [0.25, 0.3) is 0 Å². The van der Waals surface area contributed by atoms with Gasteiger partial charge in [-0.1, -0.05) is 36.4 Å². The molecule has 2 aliphatic carbocycles. The maximum Gasteiger partial charge on any atom is 0.0835 e. The summed E-state index contributed by atoms with van der Waals surface area (Å²) in [4.78, 5) is 0. The van der Waals surface area contributed by atoms with Gasteiger partial charge in [-0.2, -0.15) is 0 Å². The van der Waals surface area contributed by atoms with Gasteiger partial charge in [0.15, 0.2) is 0 Å². The fourth-order valence-electron chi connectivity index (χ4n) is 3.69. The molecule has 4 rings (SSSR count). The minimum absolute atomic E-state index is 0.00759. The van der Waals surface area contributed by atoms with Gasteiger partial charge in [0.2, 0.25) is 0 Å². The fourth-order valence-corrected chi connectivity index (χ4v) is 3.96. The first-order chi connectivity index (χ1) is 9.81. The van der Waals surface area contributed by atoms with Crippen LogP contribution in [-0.2, 0) is 25.7 Å². The van der Waals surface area contributed by atoms with E-state index in [0.29, 0.717) is 0 Å². The first-order valence-corrected chi connectivity index (χ1v) is 8.12. The molecule has 0 heterocycles. The average molecular weight is 283 g/mol. The summed E-state index contributed by atoms with van der Waals surface area (Å²) in [5.41, 5.74) is 8.57. The summed E-state index contributed by atoms with van der Waals surface area (Å²) in [5.74, 6) is 0. The largest absolute Gasteiger partial charge is 0.113 e. The predicted molar refractivity (Wildman–Crippen MR) is 84.6 cm³/mol. The van der Waals surface area contributed by atoms with Gasteiger partial charge in [0.1, 0.15) is 0 Å². The Hall–Kier alpha value is -1.27. The van der Waals surface area contributed by atoms with Crippen molar-refractivity contribution in [2.24, 2.45) is 0 Å². The van der Waals surface area contributed by atoms with Crippen molar-refractivity contribution in [1.29, 1.82) is 0 Å². The number of benzene rings is 2. The predicted octanol–water partition coefficient (Wildman–Crippen LogP) is 4.99. The van der Waals surface area contributed by atoms with E-state index in [2.05, 4.69) is 36.4 Å². The zero-order valence-electron chi connectivity index (χ0n) is 11.7. The molecule has 0 nitrogen and oxygen atoms in total. The lowest BCUT2D eigenvalue weighted by molar-refractivity contribution is 0.911. The molecule has 2 aromatic carbocycles. The first kappa shape index (κ1) is 12.5. The van der Waals surface area contributed by atoms with Gasteiger partial charge in [0.05, 0.1) is 5.38 Å². The van der Waals surface area contributed by atoms with Gasteiger partial charge in [0, 0.05) is 0 Å². The zero-order valence-corrected chi connectivity index (χ0v) is 12.4. The standard InChI is InChI=1S/C19H19Cl/c20-19(17-9-7-13-3-1-5-15(13)11-17)18-10-8-14-4-2-6-16(14)12-18/h7-12,19H,1-6H2. The highest BCUT2D eigenvalue weighted by Crippen LogP contribution is 2.34. The Morgan fingerprint density at radius 2 is 1.10 bits per heavy atom. The molecule has 2 aromatic rings. The van der Waals surface area contributed by atoms with Crippen molar-refractivity contribution in [2.45, 2.75) is 43.9 Å². The van der Waals surface area contributed by atoms with Crippen LogP contribution in [0, 0.1) is 0 Å². The second-order valence-corrected chi connectivity index (χ2v) is 6.56. The second kappa shape index (κ2) is 4.93. The van der Waals surface area contributed by atoms with Gasteiger partial charge in [-0.15, -0.1) is 11.6 Å². The van der Waals surface area contributed by atoms with Gasteiger partial charge < -0.3 is 0 Å². The summed E-state index contributed by atoms with van der Waals surface area (Å²) in [7, 11) is 0. The van der Waals surface area contributed by atoms with Crippen LogP contribution >= 0.6 is 11.6 Å². The van der Waals surface area contributed by atoms with E-state index in [1.54, 1.807) is 0 Å². The van der Waals surface area contributed by atoms with Crippen LogP contribution in [0.15, 0.2) is 36.4 Å². The molecular formula is C19H19Cl. The van der Waals surface area contributed by atoms with Crippen molar-refractivity contribution in [3.8, 4) is 0 Å². The van der Waals surface area contributed by atoms with E-state index in [1.807, 2.05) is 0 Å². The summed E-state index contributed by atoms with van der Waals surface area (Å²) < 4.78 is 0. The SMILES string of the molecule is ClC(c1ccc2c(c1)CCC2)c1ccc2c(c1)CCC2. The molecule has 0 atom stereocenters. The Balaban J connectivity index is 1.68. The molecule has 0 saturated heterocycles. The lowest BCUT2D eigenvalue weighted by Gasteiger charge is -2.13. The summed E-state index contributed by atoms with van der Waals surface area (Å²) >= 11 is 6.74. The topological polar surface area (TPSA) is 0 Å². The molecule has 0 unspecified atom stereocenters. The number of halogens is 1. The van der Waals surface area contributed by atoms with Crippen LogP contribution in [0.4, 0.5) is 0 Å². The lowest BCUT2D eigenvalue weighted by Crippen LogP contribution is -1.97. The van der Waals surface area contributed by atoms with Crippen molar-refractivity contribution in [3.05, 3.63) is 69.8 Å². The average Bonchev–Trinajstić information content (AvgIpc) is 3.13. The molecule has 0 radical (unpaired) electrons. The molecule has 20 heavy (non-hydrogen) atoms. The van der Waals surface area contributed by atoms with E-state index >= 15 is 0 Å². The molecule has 102 valence electrons.